The molecule has 14 nitrogen and oxygen atoms in total. The number of amides is 3. The van der Waals surface area contributed by atoms with Crippen LogP contribution in [0.15, 0.2) is 0 Å². The van der Waals surface area contributed by atoms with Crippen LogP contribution < -0.4 is 16.1 Å². The Hall–Kier alpha value is -1.56. The number of urea groups is 1. The van der Waals surface area contributed by atoms with E-state index in [0.717, 1.165) is 9.21 Å². The van der Waals surface area contributed by atoms with Gasteiger partial charge in [0, 0.05) is 13.1 Å². The van der Waals surface area contributed by atoms with Crippen LogP contribution in [-0.2, 0) is 34.5 Å². The van der Waals surface area contributed by atoms with Gasteiger partial charge < -0.3 is 4.90 Å². The zero-order valence-corrected chi connectivity index (χ0v) is 17.7. The van der Waals surface area contributed by atoms with Crippen LogP contribution in [0, 0.1) is 0 Å². The molecule has 5 N–H and O–H groups in total. The summed E-state index contributed by atoms with van der Waals surface area (Å²) in [6.45, 7) is 3.46. The standard InChI is InChI=1S/C13H27N5O9S2/c1-3-6-11(17(4-2)13(20)16-27-29(23,24)25)12(19)15-26-9-10-7-5-8-18(10)28(14,21)22/h10-11H,3-9H2,1-2H3,(H,15,19)(H,16,20)(H2,14,21,22)(H,23,24,25)/t10?,11-/m0/s1. The van der Waals surface area contributed by atoms with Gasteiger partial charge in [-0.25, -0.2) is 15.4 Å². The van der Waals surface area contributed by atoms with Crippen LogP contribution in [0.1, 0.15) is 39.5 Å². The lowest BCUT2D eigenvalue weighted by molar-refractivity contribution is -0.139. The molecule has 1 saturated heterocycles. The molecule has 2 atom stereocenters. The van der Waals surface area contributed by atoms with Gasteiger partial charge in [0.05, 0.1) is 12.6 Å². The summed E-state index contributed by atoms with van der Waals surface area (Å²) in [6, 6.07) is -2.62. The third kappa shape index (κ3) is 8.37. The summed E-state index contributed by atoms with van der Waals surface area (Å²) in [5, 5.41) is 5.13. The summed E-state index contributed by atoms with van der Waals surface area (Å²) >= 11 is 0. The van der Waals surface area contributed by atoms with Gasteiger partial charge in [0.1, 0.15) is 6.04 Å². The Kier molecular flexibility index (Phi) is 9.66. The minimum Gasteiger partial charge on any atom is -0.311 e. The number of nitrogens with zero attached hydrogens (tertiary/aromatic N) is 2. The number of nitrogens with one attached hydrogen (secondary N) is 2. The lowest BCUT2D eigenvalue weighted by atomic mass is 10.1. The van der Waals surface area contributed by atoms with E-state index < -0.39 is 44.6 Å². The van der Waals surface area contributed by atoms with Crippen LogP contribution in [0.2, 0.25) is 0 Å². The summed E-state index contributed by atoms with van der Waals surface area (Å²) in [5.41, 5.74) is 3.71. The Balaban J connectivity index is 2.69. The van der Waals surface area contributed by atoms with Crippen LogP contribution in [0.3, 0.4) is 0 Å². The highest BCUT2D eigenvalue weighted by Gasteiger charge is 2.33. The Morgan fingerprint density at radius 2 is 1.93 bits per heavy atom. The fourth-order valence-electron chi connectivity index (χ4n) is 2.94. The number of nitrogens with two attached hydrogens (primary N) is 1. The van der Waals surface area contributed by atoms with Crippen molar-refractivity contribution in [2.75, 3.05) is 19.7 Å². The molecule has 1 unspecified atom stereocenters. The first-order valence-electron chi connectivity index (χ1n) is 8.84. The summed E-state index contributed by atoms with van der Waals surface area (Å²) in [6.07, 6.45) is 1.84. The normalized spacial score (nSPS) is 19.0. The van der Waals surface area contributed by atoms with E-state index in [-0.39, 0.29) is 26.1 Å². The zero-order valence-electron chi connectivity index (χ0n) is 16.1. The van der Waals surface area contributed by atoms with Gasteiger partial charge in [0.15, 0.2) is 0 Å². The van der Waals surface area contributed by atoms with Gasteiger partial charge >= 0.3 is 16.4 Å². The molecular weight excluding hydrogens is 434 g/mol. The Morgan fingerprint density at radius 3 is 2.45 bits per heavy atom. The smallest absolute Gasteiger partial charge is 0.311 e. The van der Waals surface area contributed by atoms with E-state index >= 15 is 0 Å². The topological polar surface area (TPSA) is 198 Å². The van der Waals surface area contributed by atoms with Crippen LogP contribution >= 0.6 is 0 Å². The number of carbonyl (C=O) groups is 2. The molecule has 29 heavy (non-hydrogen) atoms. The maximum Gasteiger partial charge on any atom is 0.418 e. The van der Waals surface area contributed by atoms with Crippen molar-refractivity contribution in [3.63, 3.8) is 0 Å². The van der Waals surface area contributed by atoms with Gasteiger partial charge in [-0.3, -0.25) is 14.2 Å². The van der Waals surface area contributed by atoms with Crippen LogP contribution in [0.25, 0.3) is 0 Å². The lowest BCUT2D eigenvalue weighted by Gasteiger charge is -2.29. The molecule has 1 aliphatic rings. The van der Waals surface area contributed by atoms with Crippen molar-refractivity contribution < 1.29 is 40.1 Å². The van der Waals surface area contributed by atoms with Crippen molar-refractivity contribution in [3.05, 3.63) is 0 Å². The molecule has 3 amide bonds. The molecule has 0 bridgehead atoms. The van der Waals surface area contributed by atoms with Crippen LogP contribution in [0.4, 0.5) is 4.79 Å². The monoisotopic (exact) mass is 461 g/mol. The molecule has 0 aromatic rings. The molecule has 1 heterocycles. The van der Waals surface area contributed by atoms with Crippen molar-refractivity contribution >= 4 is 32.5 Å². The number of rotatable bonds is 11. The van der Waals surface area contributed by atoms with Gasteiger partial charge in [-0.2, -0.15) is 26.6 Å². The van der Waals surface area contributed by atoms with E-state index in [9.17, 15) is 26.4 Å². The Labute approximate surface area is 169 Å². The van der Waals surface area contributed by atoms with Crippen LogP contribution in [-0.4, -0.2) is 74.3 Å². The first-order chi connectivity index (χ1) is 13.4. The van der Waals surface area contributed by atoms with Gasteiger partial charge in [-0.15, -0.1) is 4.28 Å². The zero-order chi connectivity index (χ0) is 22.2. The van der Waals surface area contributed by atoms with Gasteiger partial charge in [-0.05, 0) is 26.2 Å². The first kappa shape index (κ1) is 25.5. The highest BCUT2D eigenvalue weighted by Crippen LogP contribution is 2.19. The Bertz CT molecular complexity index is 774. The predicted molar refractivity (Wildman–Crippen MR) is 99.2 cm³/mol. The lowest BCUT2D eigenvalue weighted by Crippen LogP contribution is -2.53. The van der Waals surface area contributed by atoms with Gasteiger partial charge in [-0.1, -0.05) is 13.3 Å². The average molecular weight is 462 g/mol. The number of hydroxylamine groups is 2. The molecule has 0 aromatic carbocycles. The average Bonchev–Trinajstić information content (AvgIpc) is 3.08. The van der Waals surface area contributed by atoms with Crippen molar-refractivity contribution in [2.45, 2.75) is 51.6 Å². The summed E-state index contributed by atoms with van der Waals surface area (Å²) in [7, 11) is -8.79. The maximum atomic E-state index is 12.5. The number of hydrogen-bond donors (Lipinski definition) is 4. The second kappa shape index (κ2) is 11.0. The molecule has 0 aromatic heterocycles. The quantitative estimate of drug-likeness (QED) is 0.212. The SMILES string of the molecule is CCC[C@@H](C(=O)NOCC1CCCN1S(N)(=O)=O)N(CC)C(=O)NOS(=O)(=O)O. The molecule has 0 saturated carbocycles. The second-order valence-corrected chi connectivity index (χ2v) is 8.76. The molecule has 1 rings (SSSR count). The number of carbonyl (C=O) groups excluding carboxylic acids is 2. The molecule has 0 radical (unpaired) electrons. The van der Waals surface area contributed by atoms with Crippen molar-refractivity contribution in [1.82, 2.24) is 20.2 Å². The van der Waals surface area contributed by atoms with E-state index in [2.05, 4.69) is 9.76 Å². The van der Waals surface area contributed by atoms with Crippen LogP contribution in [0.5, 0.6) is 0 Å². The van der Waals surface area contributed by atoms with Crippen molar-refractivity contribution in [3.8, 4) is 0 Å². The van der Waals surface area contributed by atoms with Gasteiger partial charge in [0.2, 0.25) is 0 Å². The summed E-state index contributed by atoms with van der Waals surface area (Å²) in [5.74, 6) is -0.698. The van der Waals surface area contributed by atoms with E-state index in [4.69, 9.17) is 14.5 Å². The van der Waals surface area contributed by atoms with Crippen molar-refractivity contribution in [1.29, 1.82) is 0 Å². The minimum absolute atomic E-state index is 0.0145. The predicted octanol–water partition coefficient (Wildman–Crippen LogP) is -1.36. The van der Waals surface area contributed by atoms with E-state index in [1.807, 2.05) is 0 Å². The molecular formula is C13H27N5O9S2. The fraction of sp³-hybridized carbons (Fsp3) is 0.846. The van der Waals surface area contributed by atoms with Gasteiger partial charge in [0.25, 0.3) is 16.1 Å². The largest absolute Gasteiger partial charge is 0.418 e. The molecule has 1 aliphatic heterocycles. The molecule has 0 aliphatic carbocycles. The first-order valence-corrected chi connectivity index (χ1v) is 11.7. The molecule has 16 heteroatoms. The number of hydrogen-bond acceptors (Lipinski definition) is 8. The minimum atomic E-state index is -4.91. The highest BCUT2D eigenvalue weighted by atomic mass is 32.3. The third-order valence-electron chi connectivity index (χ3n) is 4.18. The fourth-order valence-corrected chi connectivity index (χ4v) is 4.08. The maximum absolute atomic E-state index is 12.5. The molecule has 1 fully saturated rings. The molecule has 0 spiro atoms. The highest BCUT2D eigenvalue weighted by molar-refractivity contribution is 7.86. The second-order valence-electron chi connectivity index (χ2n) is 6.24. The third-order valence-corrected chi connectivity index (χ3v) is 5.60. The van der Waals surface area contributed by atoms with E-state index in [1.165, 1.54) is 5.48 Å². The molecule has 170 valence electrons. The van der Waals surface area contributed by atoms with Crippen molar-refractivity contribution in [2.24, 2.45) is 5.14 Å². The summed E-state index contributed by atoms with van der Waals surface area (Å²) < 4.78 is 57.6. The summed E-state index contributed by atoms with van der Waals surface area (Å²) in [4.78, 5) is 30.7. The van der Waals surface area contributed by atoms with E-state index in [0.29, 0.717) is 19.3 Å². The van der Waals surface area contributed by atoms with E-state index in [1.54, 1.807) is 13.8 Å². The number of likely N-dealkylation sites (N-methyl/N-ethyl adjacent to an activating group) is 1. The Morgan fingerprint density at radius 1 is 1.28 bits per heavy atom.